The van der Waals surface area contributed by atoms with Gasteiger partial charge >= 0.3 is 0 Å². The first kappa shape index (κ1) is 18.0. The molecule has 0 radical (unpaired) electrons. The minimum atomic E-state index is 0.819. The average Bonchev–Trinajstić information content (AvgIpc) is 2.52. The standard InChI is InChI=1S/C18H32N2O/c1-4-7-15-21-18-11-9-17(10-12-18)16-19-13-8-14-20(5-2)6-3/h9-12,19H,4-8,13-16H2,1-3H3. The van der Waals surface area contributed by atoms with Gasteiger partial charge in [0.2, 0.25) is 0 Å². The molecule has 0 unspecified atom stereocenters. The summed E-state index contributed by atoms with van der Waals surface area (Å²) < 4.78 is 5.67. The molecule has 0 fully saturated rings. The van der Waals surface area contributed by atoms with Gasteiger partial charge in [-0.15, -0.1) is 0 Å². The molecule has 0 bridgehead atoms. The Morgan fingerprint density at radius 3 is 2.33 bits per heavy atom. The summed E-state index contributed by atoms with van der Waals surface area (Å²) in [5, 5.41) is 3.51. The highest BCUT2D eigenvalue weighted by atomic mass is 16.5. The van der Waals surface area contributed by atoms with Gasteiger partial charge in [-0.1, -0.05) is 39.3 Å². The SMILES string of the molecule is CCCCOc1ccc(CNCCCN(CC)CC)cc1. The summed E-state index contributed by atoms with van der Waals surface area (Å²) in [4.78, 5) is 2.46. The van der Waals surface area contributed by atoms with Gasteiger partial charge in [-0.3, -0.25) is 0 Å². The second-order valence-corrected chi connectivity index (χ2v) is 5.40. The third kappa shape index (κ3) is 8.08. The quantitative estimate of drug-likeness (QED) is 0.595. The Bertz CT molecular complexity index is 347. The Hall–Kier alpha value is -1.06. The lowest BCUT2D eigenvalue weighted by molar-refractivity contribution is 0.298. The van der Waals surface area contributed by atoms with Gasteiger partial charge < -0.3 is 15.0 Å². The van der Waals surface area contributed by atoms with Crippen LogP contribution in [0.2, 0.25) is 0 Å². The highest BCUT2D eigenvalue weighted by Crippen LogP contribution is 2.12. The number of unbranched alkanes of at least 4 members (excludes halogenated alkanes) is 1. The molecule has 120 valence electrons. The minimum Gasteiger partial charge on any atom is -0.494 e. The van der Waals surface area contributed by atoms with Crippen molar-refractivity contribution < 1.29 is 4.74 Å². The molecule has 1 aromatic carbocycles. The summed E-state index contributed by atoms with van der Waals surface area (Å²) >= 11 is 0. The average molecular weight is 292 g/mol. The van der Waals surface area contributed by atoms with Gasteiger partial charge in [0, 0.05) is 6.54 Å². The van der Waals surface area contributed by atoms with Crippen molar-refractivity contribution in [3.05, 3.63) is 29.8 Å². The Morgan fingerprint density at radius 2 is 1.71 bits per heavy atom. The predicted octanol–water partition coefficient (Wildman–Crippen LogP) is 3.69. The minimum absolute atomic E-state index is 0.819. The summed E-state index contributed by atoms with van der Waals surface area (Å²) in [7, 11) is 0. The summed E-state index contributed by atoms with van der Waals surface area (Å²) in [5.74, 6) is 0.980. The molecule has 1 N–H and O–H groups in total. The first-order valence-corrected chi connectivity index (χ1v) is 8.44. The largest absolute Gasteiger partial charge is 0.494 e. The number of nitrogens with one attached hydrogen (secondary N) is 1. The van der Waals surface area contributed by atoms with E-state index in [2.05, 4.69) is 55.3 Å². The van der Waals surface area contributed by atoms with Gasteiger partial charge in [0.15, 0.2) is 0 Å². The van der Waals surface area contributed by atoms with E-state index in [9.17, 15) is 0 Å². The molecule has 0 aliphatic heterocycles. The highest BCUT2D eigenvalue weighted by molar-refractivity contribution is 5.27. The number of hydrogen-bond donors (Lipinski definition) is 1. The Morgan fingerprint density at radius 1 is 1.00 bits per heavy atom. The lowest BCUT2D eigenvalue weighted by Gasteiger charge is -2.17. The van der Waals surface area contributed by atoms with Crippen molar-refractivity contribution in [3.8, 4) is 5.75 Å². The van der Waals surface area contributed by atoms with Crippen LogP contribution in [0.5, 0.6) is 5.75 Å². The van der Waals surface area contributed by atoms with Crippen LogP contribution in [-0.4, -0.2) is 37.7 Å². The number of benzene rings is 1. The number of nitrogens with zero attached hydrogens (tertiary/aromatic N) is 1. The molecular weight excluding hydrogens is 260 g/mol. The van der Waals surface area contributed by atoms with Crippen molar-refractivity contribution in [1.82, 2.24) is 10.2 Å². The zero-order valence-corrected chi connectivity index (χ0v) is 14.0. The Kier molecular flexibility index (Phi) is 9.92. The molecule has 3 nitrogen and oxygen atoms in total. The molecule has 0 spiro atoms. The zero-order chi connectivity index (χ0) is 15.3. The van der Waals surface area contributed by atoms with Crippen molar-refractivity contribution in [1.29, 1.82) is 0 Å². The maximum absolute atomic E-state index is 5.67. The summed E-state index contributed by atoms with van der Waals surface area (Å²) in [6, 6.07) is 8.45. The molecule has 0 aliphatic rings. The van der Waals surface area contributed by atoms with Crippen molar-refractivity contribution >= 4 is 0 Å². The van der Waals surface area contributed by atoms with Crippen molar-refractivity contribution in [3.63, 3.8) is 0 Å². The molecule has 0 heterocycles. The van der Waals surface area contributed by atoms with Crippen LogP contribution in [0.4, 0.5) is 0 Å². The maximum atomic E-state index is 5.67. The summed E-state index contributed by atoms with van der Waals surface area (Å²) in [6.07, 6.45) is 3.51. The van der Waals surface area contributed by atoms with Crippen LogP contribution in [0.25, 0.3) is 0 Å². The maximum Gasteiger partial charge on any atom is 0.119 e. The van der Waals surface area contributed by atoms with E-state index in [0.29, 0.717) is 0 Å². The van der Waals surface area contributed by atoms with Crippen LogP contribution in [-0.2, 0) is 6.54 Å². The van der Waals surface area contributed by atoms with Gasteiger partial charge in [-0.2, -0.15) is 0 Å². The van der Waals surface area contributed by atoms with Gasteiger partial charge in [0.1, 0.15) is 5.75 Å². The van der Waals surface area contributed by atoms with Crippen molar-refractivity contribution in [2.24, 2.45) is 0 Å². The molecule has 0 saturated carbocycles. The Labute approximate surface area is 130 Å². The van der Waals surface area contributed by atoms with Crippen molar-refractivity contribution in [2.45, 2.75) is 46.6 Å². The van der Waals surface area contributed by atoms with E-state index >= 15 is 0 Å². The van der Waals surface area contributed by atoms with E-state index in [1.54, 1.807) is 0 Å². The molecule has 21 heavy (non-hydrogen) atoms. The van der Waals surface area contributed by atoms with Gasteiger partial charge in [-0.25, -0.2) is 0 Å². The zero-order valence-electron chi connectivity index (χ0n) is 14.0. The summed E-state index contributed by atoms with van der Waals surface area (Å²) in [6.45, 7) is 12.9. The fourth-order valence-corrected chi connectivity index (χ4v) is 2.24. The fourth-order valence-electron chi connectivity index (χ4n) is 2.24. The van der Waals surface area contributed by atoms with Crippen LogP contribution in [0.3, 0.4) is 0 Å². The van der Waals surface area contributed by atoms with E-state index in [0.717, 1.165) is 45.0 Å². The fraction of sp³-hybridized carbons (Fsp3) is 0.667. The Balaban J connectivity index is 2.15. The first-order valence-electron chi connectivity index (χ1n) is 8.44. The smallest absolute Gasteiger partial charge is 0.119 e. The number of hydrogen-bond acceptors (Lipinski definition) is 3. The van der Waals surface area contributed by atoms with Crippen LogP contribution in [0.15, 0.2) is 24.3 Å². The second-order valence-electron chi connectivity index (χ2n) is 5.40. The van der Waals surface area contributed by atoms with E-state index < -0.39 is 0 Å². The van der Waals surface area contributed by atoms with Crippen LogP contribution >= 0.6 is 0 Å². The number of rotatable bonds is 12. The monoisotopic (exact) mass is 292 g/mol. The van der Waals surface area contributed by atoms with Gasteiger partial charge in [0.25, 0.3) is 0 Å². The topological polar surface area (TPSA) is 24.5 Å². The third-order valence-electron chi connectivity index (χ3n) is 3.74. The predicted molar refractivity (Wildman–Crippen MR) is 91.0 cm³/mol. The molecule has 0 aliphatic carbocycles. The molecule has 1 rings (SSSR count). The van der Waals surface area contributed by atoms with Gasteiger partial charge in [-0.05, 0) is 56.7 Å². The normalized spacial score (nSPS) is 11.0. The van der Waals surface area contributed by atoms with E-state index in [-0.39, 0.29) is 0 Å². The molecule has 0 amide bonds. The van der Waals surface area contributed by atoms with E-state index in [1.807, 2.05) is 0 Å². The summed E-state index contributed by atoms with van der Waals surface area (Å²) in [5.41, 5.74) is 1.32. The van der Waals surface area contributed by atoms with Gasteiger partial charge in [0.05, 0.1) is 6.61 Å². The molecular formula is C18H32N2O. The van der Waals surface area contributed by atoms with E-state index in [4.69, 9.17) is 4.74 Å². The second kappa shape index (κ2) is 11.6. The van der Waals surface area contributed by atoms with Crippen LogP contribution < -0.4 is 10.1 Å². The molecule has 3 heteroatoms. The number of ether oxygens (including phenoxy) is 1. The lowest BCUT2D eigenvalue weighted by atomic mass is 10.2. The molecule has 0 atom stereocenters. The highest BCUT2D eigenvalue weighted by Gasteiger charge is 1.99. The molecule has 0 aromatic heterocycles. The lowest BCUT2D eigenvalue weighted by Crippen LogP contribution is -2.27. The molecule has 1 aromatic rings. The first-order chi connectivity index (χ1) is 10.3. The van der Waals surface area contributed by atoms with Crippen LogP contribution in [0, 0.1) is 0 Å². The van der Waals surface area contributed by atoms with Crippen LogP contribution in [0.1, 0.15) is 45.6 Å². The van der Waals surface area contributed by atoms with Crippen molar-refractivity contribution in [2.75, 3.05) is 32.8 Å². The molecule has 0 saturated heterocycles. The third-order valence-corrected chi connectivity index (χ3v) is 3.74. The van der Waals surface area contributed by atoms with E-state index in [1.165, 1.54) is 24.9 Å².